The van der Waals surface area contributed by atoms with Gasteiger partial charge in [-0.2, -0.15) is 0 Å². The molecule has 12 aromatic rings. The largest absolute Gasteiger partial charge is 0.456 e. The summed E-state index contributed by atoms with van der Waals surface area (Å²) in [5, 5.41) is 9.84. The molecule has 0 radical (unpaired) electrons. The van der Waals surface area contributed by atoms with E-state index in [0.717, 1.165) is 45.4 Å². The van der Waals surface area contributed by atoms with E-state index in [4.69, 9.17) is 4.42 Å². The molecule has 0 aliphatic heterocycles. The lowest BCUT2D eigenvalue weighted by atomic mass is 9.60. The normalized spacial score (nSPS) is 13.4. The Morgan fingerprint density at radius 3 is 1.69 bits per heavy atom. The highest BCUT2D eigenvalue weighted by molar-refractivity contribution is 6.16. The molecule has 11 aromatic carbocycles. The Bertz CT molecular complexity index is 3810. The Balaban J connectivity index is 1.05. The molecule has 0 saturated heterocycles. The van der Waals surface area contributed by atoms with Gasteiger partial charge in [-0.05, 0) is 125 Å². The van der Waals surface area contributed by atoms with E-state index in [1.165, 1.54) is 88.0 Å². The van der Waals surface area contributed by atoms with Gasteiger partial charge in [-0.25, -0.2) is 0 Å². The lowest BCUT2D eigenvalue weighted by molar-refractivity contribution is 0.669. The Morgan fingerprint density at radius 2 is 0.891 bits per heavy atom. The van der Waals surface area contributed by atoms with Gasteiger partial charge in [0.2, 0.25) is 0 Å². The van der Waals surface area contributed by atoms with E-state index >= 15 is 0 Å². The van der Waals surface area contributed by atoms with Crippen LogP contribution >= 0.6 is 0 Å². The first kappa shape index (κ1) is 35.4. The number of fused-ring (bicyclic) bond motifs is 17. The molecule has 0 fully saturated rings. The lowest BCUT2D eigenvalue weighted by Crippen LogP contribution is -2.34. The first-order chi connectivity index (χ1) is 31.8. The van der Waals surface area contributed by atoms with Gasteiger partial charge in [0.1, 0.15) is 11.2 Å². The molecule has 1 spiro atoms. The minimum absolute atomic E-state index is 0.509. The van der Waals surface area contributed by atoms with Gasteiger partial charge in [-0.15, -0.1) is 0 Å². The number of hydrogen-bond acceptors (Lipinski definition) is 2. The van der Waals surface area contributed by atoms with Crippen LogP contribution in [0.1, 0.15) is 33.4 Å². The number of nitrogens with zero attached hydrogens (tertiary/aromatic N) is 1. The lowest BCUT2D eigenvalue weighted by Gasteiger charge is -2.41. The summed E-state index contributed by atoms with van der Waals surface area (Å²) in [5.74, 6) is 0. The zero-order chi connectivity index (χ0) is 41.9. The third kappa shape index (κ3) is 4.74. The quantitative estimate of drug-likeness (QED) is 0.176. The van der Waals surface area contributed by atoms with Crippen molar-refractivity contribution in [1.29, 1.82) is 0 Å². The van der Waals surface area contributed by atoms with Crippen LogP contribution in [0.25, 0.3) is 76.5 Å². The molecule has 298 valence electrons. The van der Waals surface area contributed by atoms with Crippen molar-refractivity contribution in [3.05, 3.63) is 258 Å². The van der Waals surface area contributed by atoms with Crippen LogP contribution in [-0.4, -0.2) is 0 Å². The smallest absolute Gasteiger partial charge is 0.137 e. The Labute approximate surface area is 370 Å². The number of rotatable bonds is 4. The van der Waals surface area contributed by atoms with Gasteiger partial charge in [0, 0.05) is 16.5 Å². The average molecular weight is 814 g/mol. The maximum Gasteiger partial charge on any atom is 0.137 e. The topological polar surface area (TPSA) is 16.4 Å². The van der Waals surface area contributed by atoms with Crippen LogP contribution in [0.2, 0.25) is 0 Å². The highest BCUT2D eigenvalue weighted by atomic mass is 16.3. The SMILES string of the molecule is c1ccc(N(c2cccc3c(-c4cccc5c4-c4ccccc4C54c5ccc6ccccc6c5Cc5c4ccc4ccccc54)cccc23)c2cccc3oc4ccccc4c23)cc1. The summed E-state index contributed by atoms with van der Waals surface area (Å²) in [6.07, 6.45) is 0.888. The number of hydrogen-bond donors (Lipinski definition) is 0. The van der Waals surface area contributed by atoms with Crippen LogP contribution in [0.15, 0.2) is 229 Å². The minimum Gasteiger partial charge on any atom is -0.456 e. The highest BCUT2D eigenvalue weighted by Crippen LogP contribution is 2.62. The van der Waals surface area contributed by atoms with E-state index in [2.05, 4.69) is 223 Å². The molecule has 14 rings (SSSR count). The molecule has 1 heterocycles. The molecular weight excluding hydrogens is 775 g/mol. The van der Waals surface area contributed by atoms with E-state index in [0.29, 0.717) is 0 Å². The fourth-order valence-electron chi connectivity index (χ4n) is 11.9. The number of anilines is 3. The minimum atomic E-state index is -0.509. The van der Waals surface area contributed by atoms with Crippen molar-refractivity contribution in [3.63, 3.8) is 0 Å². The van der Waals surface area contributed by atoms with Crippen molar-refractivity contribution >= 4 is 71.3 Å². The molecule has 0 amide bonds. The van der Waals surface area contributed by atoms with Crippen LogP contribution in [-0.2, 0) is 11.8 Å². The van der Waals surface area contributed by atoms with Crippen molar-refractivity contribution in [2.45, 2.75) is 11.8 Å². The van der Waals surface area contributed by atoms with Gasteiger partial charge in [-0.3, -0.25) is 0 Å². The summed E-state index contributed by atoms with van der Waals surface area (Å²) in [7, 11) is 0. The predicted octanol–water partition coefficient (Wildman–Crippen LogP) is 16.4. The Kier molecular flexibility index (Phi) is 7.41. The molecular formula is C62H39NO. The third-order valence-electron chi connectivity index (χ3n) is 14.4. The zero-order valence-electron chi connectivity index (χ0n) is 34.9. The van der Waals surface area contributed by atoms with E-state index in [1.807, 2.05) is 6.07 Å². The summed E-state index contributed by atoms with van der Waals surface area (Å²) in [6, 6.07) is 83.1. The molecule has 2 nitrogen and oxygen atoms in total. The fourth-order valence-corrected chi connectivity index (χ4v) is 11.9. The first-order valence-electron chi connectivity index (χ1n) is 22.3. The standard InChI is InChI=1S/C62H39NO/c1-2-18-41(19-3-1)63(57-31-15-33-59-61(57)49-23-9-11-32-58(49)64-59)56-30-14-25-44-45(24-12-26-46(44)56)47-27-13-29-55-60(47)48-22-8-10-28-52(48)62(55)53-36-34-39-16-4-6-20-42(39)50(53)38-51-43-21-7-5-17-40(43)35-37-54(51)62/h1-37H,38H2. The second kappa shape index (κ2) is 13.4. The van der Waals surface area contributed by atoms with Crippen molar-refractivity contribution in [2.75, 3.05) is 4.90 Å². The van der Waals surface area contributed by atoms with Crippen LogP contribution in [0.5, 0.6) is 0 Å². The van der Waals surface area contributed by atoms with Crippen molar-refractivity contribution in [2.24, 2.45) is 0 Å². The second-order valence-electron chi connectivity index (χ2n) is 17.4. The zero-order valence-corrected chi connectivity index (χ0v) is 34.9. The Hall–Kier alpha value is -8.20. The van der Waals surface area contributed by atoms with E-state index in [-0.39, 0.29) is 0 Å². The maximum absolute atomic E-state index is 6.46. The van der Waals surface area contributed by atoms with Gasteiger partial charge < -0.3 is 9.32 Å². The van der Waals surface area contributed by atoms with Gasteiger partial charge in [0.25, 0.3) is 0 Å². The highest BCUT2D eigenvalue weighted by Gasteiger charge is 2.51. The maximum atomic E-state index is 6.46. The van der Waals surface area contributed by atoms with Crippen molar-refractivity contribution < 1.29 is 4.42 Å². The fraction of sp³-hybridized carbons (Fsp3) is 0.0323. The van der Waals surface area contributed by atoms with Crippen LogP contribution in [0, 0.1) is 0 Å². The predicted molar refractivity (Wildman–Crippen MR) is 266 cm³/mol. The molecule has 0 bridgehead atoms. The summed E-state index contributed by atoms with van der Waals surface area (Å²) in [5.41, 5.74) is 17.9. The number of furan rings is 1. The summed E-state index contributed by atoms with van der Waals surface area (Å²) in [6.45, 7) is 0. The summed E-state index contributed by atoms with van der Waals surface area (Å²) >= 11 is 0. The first-order valence-corrected chi connectivity index (χ1v) is 22.3. The van der Waals surface area contributed by atoms with Gasteiger partial charge >= 0.3 is 0 Å². The average Bonchev–Trinajstić information content (AvgIpc) is 3.89. The molecule has 0 unspecified atom stereocenters. The van der Waals surface area contributed by atoms with Gasteiger partial charge in [0.15, 0.2) is 0 Å². The molecule has 0 N–H and O–H groups in total. The monoisotopic (exact) mass is 813 g/mol. The van der Waals surface area contributed by atoms with E-state index in [1.54, 1.807) is 0 Å². The third-order valence-corrected chi connectivity index (χ3v) is 14.4. The molecule has 2 aliphatic rings. The summed E-state index contributed by atoms with van der Waals surface area (Å²) in [4.78, 5) is 2.42. The summed E-state index contributed by atoms with van der Waals surface area (Å²) < 4.78 is 6.46. The van der Waals surface area contributed by atoms with Crippen LogP contribution in [0.4, 0.5) is 17.1 Å². The number of para-hydroxylation sites is 2. The molecule has 1 aromatic heterocycles. The molecule has 64 heavy (non-hydrogen) atoms. The van der Waals surface area contributed by atoms with Gasteiger partial charge in [0.05, 0.1) is 22.2 Å². The molecule has 0 saturated carbocycles. The molecule has 2 aliphatic carbocycles. The number of benzene rings is 11. The van der Waals surface area contributed by atoms with Crippen LogP contribution < -0.4 is 4.90 Å². The van der Waals surface area contributed by atoms with Crippen molar-refractivity contribution in [3.8, 4) is 22.3 Å². The molecule has 0 atom stereocenters. The Morgan fingerprint density at radius 1 is 0.344 bits per heavy atom. The molecule has 2 heteroatoms. The van der Waals surface area contributed by atoms with Crippen molar-refractivity contribution in [1.82, 2.24) is 0 Å². The second-order valence-corrected chi connectivity index (χ2v) is 17.4. The van der Waals surface area contributed by atoms with E-state index in [9.17, 15) is 0 Å². The van der Waals surface area contributed by atoms with Crippen LogP contribution in [0.3, 0.4) is 0 Å². The van der Waals surface area contributed by atoms with Gasteiger partial charge in [-0.1, -0.05) is 188 Å². The van der Waals surface area contributed by atoms with E-state index < -0.39 is 5.41 Å².